The van der Waals surface area contributed by atoms with Gasteiger partial charge < -0.3 is 10.6 Å². The molecule has 1 heterocycles. The van der Waals surface area contributed by atoms with E-state index in [1.807, 2.05) is 55.5 Å². The van der Waals surface area contributed by atoms with Gasteiger partial charge in [-0.2, -0.15) is 0 Å². The highest BCUT2D eigenvalue weighted by Gasteiger charge is 2.09. The molecule has 132 valence electrons. The number of aromatic nitrogens is 2. The molecule has 0 bridgehead atoms. The van der Waals surface area contributed by atoms with Crippen molar-refractivity contribution in [1.82, 2.24) is 15.3 Å². The summed E-state index contributed by atoms with van der Waals surface area (Å²) in [6.45, 7) is 2.95. The molecule has 1 amide bonds. The van der Waals surface area contributed by atoms with Gasteiger partial charge in [-0.1, -0.05) is 54.1 Å². The third-order valence-corrected chi connectivity index (χ3v) is 4.35. The predicted octanol–water partition coefficient (Wildman–Crippen LogP) is 3.98. The van der Waals surface area contributed by atoms with Gasteiger partial charge in [0.1, 0.15) is 5.69 Å². The summed E-state index contributed by atoms with van der Waals surface area (Å²) in [5.74, 6) is 0.143. The van der Waals surface area contributed by atoms with Gasteiger partial charge >= 0.3 is 0 Å². The smallest absolute Gasteiger partial charge is 0.270 e. The summed E-state index contributed by atoms with van der Waals surface area (Å²) < 4.78 is 0. The molecule has 0 fully saturated rings. The van der Waals surface area contributed by atoms with Gasteiger partial charge in [0.05, 0.1) is 0 Å². The fraction of sp³-hybridized carbons (Fsp3) is 0.150. The zero-order chi connectivity index (χ0) is 18.4. The molecule has 5 nitrogen and oxygen atoms in total. The summed E-state index contributed by atoms with van der Waals surface area (Å²) in [5.41, 5.74) is 3.46. The van der Waals surface area contributed by atoms with Crippen molar-refractivity contribution >= 4 is 23.5 Å². The normalized spacial score (nSPS) is 10.4. The van der Waals surface area contributed by atoms with Gasteiger partial charge in [0.2, 0.25) is 5.95 Å². The first-order chi connectivity index (χ1) is 12.6. The van der Waals surface area contributed by atoms with Crippen LogP contribution < -0.4 is 10.6 Å². The van der Waals surface area contributed by atoms with Crippen molar-refractivity contribution in [2.75, 3.05) is 5.32 Å². The Balaban J connectivity index is 1.62. The van der Waals surface area contributed by atoms with Crippen LogP contribution in [0.1, 0.15) is 27.2 Å². The van der Waals surface area contributed by atoms with Crippen LogP contribution in [0.3, 0.4) is 0 Å². The lowest BCUT2D eigenvalue weighted by molar-refractivity contribution is 0.0946. The van der Waals surface area contributed by atoms with Crippen LogP contribution in [0.4, 0.5) is 5.95 Å². The van der Waals surface area contributed by atoms with E-state index in [-0.39, 0.29) is 5.91 Å². The highest BCUT2D eigenvalue weighted by molar-refractivity contribution is 6.31. The Morgan fingerprint density at radius 2 is 1.73 bits per heavy atom. The van der Waals surface area contributed by atoms with Gasteiger partial charge in [-0.25, -0.2) is 9.97 Å². The number of anilines is 1. The fourth-order valence-electron chi connectivity index (χ4n) is 2.46. The van der Waals surface area contributed by atoms with Crippen LogP contribution in [0, 0.1) is 6.92 Å². The molecule has 0 spiro atoms. The molecule has 3 rings (SSSR count). The Hall–Kier alpha value is -2.92. The third-order valence-electron chi connectivity index (χ3n) is 3.98. The molecule has 26 heavy (non-hydrogen) atoms. The standard InChI is InChI=1S/C20H19ClN4O/c1-14-6-2-3-7-15(14)12-23-19(26)18-10-11-22-20(25-18)24-13-16-8-4-5-9-17(16)21/h2-11H,12-13H2,1H3,(H,23,26)(H,22,24,25). The van der Waals surface area contributed by atoms with Gasteiger partial charge in [-0.15, -0.1) is 0 Å². The molecule has 0 saturated carbocycles. The molecule has 1 aromatic heterocycles. The monoisotopic (exact) mass is 366 g/mol. The summed E-state index contributed by atoms with van der Waals surface area (Å²) in [6, 6.07) is 17.1. The summed E-state index contributed by atoms with van der Waals surface area (Å²) in [5, 5.41) is 6.65. The van der Waals surface area contributed by atoms with Crippen LogP contribution >= 0.6 is 11.6 Å². The van der Waals surface area contributed by atoms with E-state index in [0.717, 1.165) is 16.7 Å². The van der Waals surface area contributed by atoms with Crippen molar-refractivity contribution in [3.8, 4) is 0 Å². The van der Waals surface area contributed by atoms with Crippen LogP contribution in [0.2, 0.25) is 5.02 Å². The van der Waals surface area contributed by atoms with Crippen LogP contribution in [0.5, 0.6) is 0 Å². The molecular weight excluding hydrogens is 348 g/mol. The van der Waals surface area contributed by atoms with Crippen LogP contribution in [-0.2, 0) is 13.1 Å². The maximum absolute atomic E-state index is 12.4. The van der Waals surface area contributed by atoms with E-state index in [9.17, 15) is 4.79 Å². The Labute approximate surface area is 157 Å². The molecule has 3 aromatic rings. The SMILES string of the molecule is Cc1ccccc1CNC(=O)c1ccnc(NCc2ccccc2Cl)n1. The van der Waals surface area contributed by atoms with Crippen molar-refractivity contribution in [3.05, 3.63) is 88.2 Å². The largest absolute Gasteiger partial charge is 0.350 e. The Kier molecular flexibility index (Phi) is 5.81. The lowest BCUT2D eigenvalue weighted by atomic mass is 10.1. The molecule has 0 aliphatic rings. The number of nitrogens with one attached hydrogen (secondary N) is 2. The van der Waals surface area contributed by atoms with Crippen molar-refractivity contribution in [3.63, 3.8) is 0 Å². The fourth-order valence-corrected chi connectivity index (χ4v) is 2.66. The highest BCUT2D eigenvalue weighted by atomic mass is 35.5. The number of amides is 1. The minimum atomic E-state index is -0.239. The lowest BCUT2D eigenvalue weighted by Gasteiger charge is -2.09. The highest BCUT2D eigenvalue weighted by Crippen LogP contribution is 2.15. The average molecular weight is 367 g/mol. The van der Waals surface area contributed by atoms with Crippen LogP contribution in [0.15, 0.2) is 60.8 Å². The van der Waals surface area contributed by atoms with Crippen LogP contribution in [-0.4, -0.2) is 15.9 Å². The van der Waals surface area contributed by atoms with Gasteiger partial charge in [0.25, 0.3) is 5.91 Å². The second-order valence-electron chi connectivity index (χ2n) is 5.82. The number of nitrogens with zero attached hydrogens (tertiary/aromatic N) is 2. The number of carbonyl (C=O) groups is 1. The second kappa shape index (κ2) is 8.45. The number of rotatable bonds is 6. The first kappa shape index (κ1) is 17.9. The molecule has 6 heteroatoms. The molecule has 0 saturated heterocycles. The van der Waals surface area contributed by atoms with E-state index in [0.29, 0.717) is 29.8 Å². The first-order valence-corrected chi connectivity index (χ1v) is 8.64. The Morgan fingerprint density at radius 3 is 2.50 bits per heavy atom. The summed E-state index contributed by atoms with van der Waals surface area (Å²) in [7, 11) is 0. The van der Waals surface area contributed by atoms with E-state index in [1.165, 1.54) is 0 Å². The van der Waals surface area contributed by atoms with E-state index in [2.05, 4.69) is 20.6 Å². The zero-order valence-electron chi connectivity index (χ0n) is 14.4. The number of benzene rings is 2. The number of hydrogen-bond donors (Lipinski definition) is 2. The Bertz CT molecular complexity index is 914. The predicted molar refractivity (Wildman–Crippen MR) is 103 cm³/mol. The number of aryl methyl sites for hydroxylation is 1. The number of halogens is 1. The van der Waals surface area contributed by atoms with Crippen molar-refractivity contribution in [2.24, 2.45) is 0 Å². The molecule has 0 radical (unpaired) electrons. The number of hydrogen-bond acceptors (Lipinski definition) is 4. The topological polar surface area (TPSA) is 66.9 Å². The minimum absolute atomic E-state index is 0.239. The molecule has 2 N–H and O–H groups in total. The van der Waals surface area contributed by atoms with Crippen molar-refractivity contribution < 1.29 is 4.79 Å². The summed E-state index contributed by atoms with van der Waals surface area (Å²) in [4.78, 5) is 20.8. The average Bonchev–Trinajstić information content (AvgIpc) is 2.67. The number of carbonyl (C=O) groups excluding carboxylic acids is 1. The molecule has 0 unspecified atom stereocenters. The summed E-state index contributed by atoms with van der Waals surface area (Å²) >= 11 is 6.14. The zero-order valence-corrected chi connectivity index (χ0v) is 15.1. The van der Waals surface area contributed by atoms with Gasteiger partial charge in [-0.3, -0.25) is 4.79 Å². The van der Waals surface area contributed by atoms with E-state index in [4.69, 9.17) is 11.6 Å². The van der Waals surface area contributed by atoms with Gasteiger partial charge in [-0.05, 0) is 35.7 Å². The molecule has 0 atom stereocenters. The maximum Gasteiger partial charge on any atom is 0.270 e. The minimum Gasteiger partial charge on any atom is -0.350 e. The first-order valence-electron chi connectivity index (χ1n) is 8.26. The lowest BCUT2D eigenvalue weighted by Crippen LogP contribution is -2.24. The third kappa shape index (κ3) is 4.58. The van der Waals surface area contributed by atoms with Crippen molar-refractivity contribution in [1.29, 1.82) is 0 Å². The maximum atomic E-state index is 12.4. The van der Waals surface area contributed by atoms with Crippen LogP contribution in [0.25, 0.3) is 0 Å². The second-order valence-corrected chi connectivity index (χ2v) is 6.23. The molecule has 2 aromatic carbocycles. The summed E-state index contributed by atoms with van der Waals surface area (Å²) in [6.07, 6.45) is 1.56. The van der Waals surface area contributed by atoms with Gasteiger partial charge in [0, 0.05) is 24.3 Å². The quantitative estimate of drug-likeness (QED) is 0.692. The Morgan fingerprint density at radius 1 is 1.00 bits per heavy atom. The van der Waals surface area contributed by atoms with Gasteiger partial charge in [0.15, 0.2) is 0 Å². The molecule has 0 aliphatic carbocycles. The van der Waals surface area contributed by atoms with E-state index >= 15 is 0 Å². The molecule has 0 aliphatic heterocycles. The van der Waals surface area contributed by atoms with E-state index < -0.39 is 0 Å². The van der Waals surface area contributed by atoms with E-state index in [1.54, 1.807) is 12.3 Å². The molecular formula is C20H19ClN4O. The van der Waals surface area contributed by atoms with Crippen molar-refractivity contribution in [2.45, 2.75) is 20.0 Å².